The van der Waals surface area contributed by atoms with Crippen LogP contribution in [-0.2, 0) is 17.6 Å². The smallest absolute Gasteiger partial charge is 0.267 e. The number of fused-ring (bicyclic) bond motifs is 3. The van der Waals surface area contributed by atoms with E-state index in [1.807, 2.05) is 26.0 Å². The van der Waals surface area contributed by atoms with Crippen LogP contribution in [0, 0.1) is 31.1 Å². The van der Waals surface area contributed by atoms with Gasteiger partial charge < -0.3 is 5.32 Å². The molecule has 2 aliphatic carbocycles. The number of rotatable bonds is 6. The van der Waals surface area contributed by atoms with Gasteiger partial charge >= 0.3 is 0 Å². The van der Waals surface area contributed by atoms with E-state index >= 15 is 0 Å². The fraction of sp³-hybridized carbons (Fsp3) is 0.462. The number of thioether (sulfide) groups is 1. The standard InChI is InChI=1S/C26H28N4O2S2/c1-15-8-11-19(16(2)12-15)30-24(32)22-18-6-4-5-7-20(18)34-23(22)28-25(30)33-13-21(31)29-26(3,14-27)17-9-10-17/h8,11-12,17H,4-7,9-10,13H2,1-3H3,(H,29,31). The second kappa shape index (κ2) is 8.86. The van der Waals surface area contributed by atoms with E-state index in [1.165, 1.54) is 16.6 Å². The van der Waals surface area contributed by atoms with Gasteiger partial charge in [-0.05, 0) is 82.4 Å². The second-order valence-electron chi connectivity index (χ2n) is 9.64. The maximum absolute atomic E-state index is 13.9. The number of benzene rings is 1. The number of nitriles is 1. The first-order valence-corrected chi connectivity index (χ1v) is 13.6. The number of carbonyl (C=O) groups excluding carboxylic acids is 1. The number of carbonyl (C=O) groups is 1. The van der Waals surface area contributed by atoms with Crippen LogP contribution < -0.4 is 10.9 Å². The Labute approximate surface area is 207 Å². The van der Waals surface area contributed by atoms with E-state index < -0.39 is 5.54 Å². The third-order valence-corrected chi connectivity index (χ3v) is 9.03. The van der Waals surface area contributed by atoms with Gasteiger partial charge in [0.05, 0.1) is 22.9 Å². The van der Waals surface area contributed by atoms with Gasteiger partial charge in [-0.15, -0.1) is 11.3 Å². The third-order valence-electron chi connectivity index (χ3n) is 6.91. The highest BCUT2D eigenvalue weighted by molar-refractivity contribution is 7.99. The number of nitrogens with one attached hydrogen (secondary N) is 1. The Morgan fingerprint density at radius 2 is 2.09 bits per heavy atom. The highest BCUT2D eigenvalue weighted by Crippen LogP contribution is 2.39. The number of hydrogen-bond acceptors (Lipinski definition) is 6. The summed E-state index contributed by atoms with van der Waals surface area (Å²) in [5.74, 6) is 0.0949. The monoisotopic (exact) mass is 492 g/mol. The molecule has 3 aromatic rings. The Morgan fingerprint density at radius 1 is 1.32 bits per heavy atom. The summed E-state index contributed by atoms with van der Waals surface area (Å²) in [6.45, 7) is 5.82. The molecule has 5 rings (SSSR count). The minimum atomic E-state index is -0.838. The van der Waals surface area contributed by atoms with E-state index in [1.54, 1.807) is 22.8 Å². The van der Waals surface area contributed by atoms with Gasteiger partial charge in [0.15, 0.2) is 5.16 Å². The molecule has 176 valence electrons. The SMILES string of the molecule is Cc1ccc(-n2c(SCC(=O)NC(C)(C#N)C3CC3)nc3sc4c(c3c2=O)CCCC4)c(C)c1. The Kier molecular flexibility index (Phi) is 6.03. The van der Waals surface area contributed by atoms with E-state index in [-0.39, 0.29) is 23.1 Å². The van der Waals surface area contributed by atoms with Crippen molar-refractivity contribution in [3.63, 3.8) is 0 Å². The molecule has 2 heterocycles. The Morgan fingerprint density at radius 3 is 2.79 bits per heavy atom. The lowest BCUT2D eigenvalue weighted by molar-refractivity contribution is -0.119. The van der Waals surface area contributed by atoms with Crippen LogP contribution in [0.5, 0.6) is 0 Å². The van der Waals surface area contributed by atoms with Crippen molar-refractivity contribution in [2.75, 3.05) is 5.75 Å². The van der Waals surface area contributed by atoms with E-state index in [2.05, 4.69) is 17.5 Å². The van der Waals surface area contributed by atoms with Crippen LogP contribution in [0.25, 0.3) is 15.9 Å². The molecule has 8 heteroatoms. The minimum absolute atomic E-state index is 0.0564. The molecule has 0 spiro atoms. The minimum Gasteiger partial charge on any atom is -0.337 e. The van der Waals surface area contributed by atoms with Crippen molar-refractivity contribution in [2.24, 2.45) is 5.92 Å². The van der Waals surface area contributed by atoms with Crippen molar-refractivity contribution in [1.82, 2.24) is 14.9 Å². The highest BCUT2D eigenvalue weighted by atomic mass is 32.2. The lowest BCUT2D eigenvalue weighted by Gasteiger charge is -2.22. The number of amides is 1. The van der Waals surface area contributed by atoms with Crippen molar-refractivity contribution in [3.05, 3.63) is 50.1 Å². The molecule has 1 saturated carbocycles. The number of hydrogen-bond donors (Lipinski definition) is 1. The van der Waals surface area contributed by atoms with Gasteiger partial charge in [0, 0.05) is 4.88 Å². The number of aromatic nitrogens is 2. The highest BCUT2D eigenvalue weighted by Gasteiger charge is 2.43. The lowest BCUT2D eigenvalue weighted by Crippen LogP contribution is -2.47. The van der Waals surface area contributed by atoms with Gasteiger partial charge in [0.1, 0.15) is 10.4 Å². The maximum Gasteiger partial charge on any atom is 0.267 e. The molecule has 1 amide bonds. The van der Waals surface area contributed by atoms with Crippen LogP contribution in [0.4, 0.5) is 0 Å². The van der Waals surface area contributed by atoms with Gasteiger partial charge in [0.2, 0.25) is 5.91 Å². The molecule has 1 atom stereocenters. The van der Waals surface area contributed by atoms with Crippen LogP contribution in [0.2, 0.25) is 0 Å². The van der Waals surface area contributed by atoms with Crippen molar-refractivity contribution < 1.29 is 4.79 Å². The molecule has 1 unspecified atom stereocenters. The van der Waals surface area contributed by atoms with E-state index in [0.717, 1.165) is 71.1 Å². The molecule has 0 bridgehead atoms. The zero-order valence-electron chi connectivity index (χ0n) is 19.7. The first-order chi connectivity index (χ1) is 16.3. The van der Waals surface area contributed by atoms with Gasteiger partial charge in [-0.2, -0.15) is 5.26 Å². The number of nitrogens with zero attached hydrogens (tertiary/aromatic N) is 3. The molecular formula is C26H28N4O2S2. The summed E-state index contributed by atoms with van der Waals surface area (Å²) < 4.78 is 1.68. The molecule has 6 nitrogen and oxygen atoms in total. The van der Waals surface area contributed by atoms with Crippen LogP contribution in [-0.4, -0.2) is 26.8 Å². The Balaban J connectivity index is 1.55. The molecule has 0 aliphatic heterocycles. The van der Waals surface area contributed by atoms with E-state index in [9.17, 15) is 14.9 Å². The zero-order chi connectivity index (χ0) is 24.0. The van der Waals surface area contributed by atoms with Crippen molar-refractivity contribution in [2.45, 2.75) is 70.0 Å². The second-order valence-corrected chi connectivity index (χ2v) is 11.7. The fourth-order valence-corrected chi connectivity index (χ4v) is 7.00. The number of thiophene rings is 1. The molecule has 34 heavy (non-hydrogen) atoms. The summed E-state index contributed by atoms with van der Waals surface area (Å²) in [5, 5.41) is 13.7. The third kappa shape index (κ3) is 4.16. The van der Waals surface area contributed by atoms with Crippen LogP contribution >= 0.6 is 23.1 Å². The molecule has 2 aromatic heterocycles. The fourth-order valence-electron chi connectivity index (χ4n) is 4.89. The molecule has 1 aromatic carbocycles. The average Bonchev–Trinajstić information content (AvgIpc) is 3.60. The van der Waals surface area contributed by atoms with Gasteiger partial charge in [-0.3, -0.25) is 14.2 Å². The summed E-state index contributed by atoms with van der Waals surface area (Å²) in [7, 11) is 0. The molecule has 2 aliphatic rings. The van der Waals surface area contributed by atoms with Crippen molar-refractivity contribution >= 4 is 39.2 Å². The molecule has 0 radical (unpaired) electrons. The normalized spacial score (nSPS) is 17.1. The number of aryl methyl sites for hydroxylation is 4. The van der Waals surface area contributed by atoms with Crippen LogP contribution in [0.15, 0.2) is 28.2 Å². The summed E-state index contributed by atoms with van der Waals surface area (Å²) in [5.41, 5.74) is 3.17. The predicted molar refractivity (Wildman–Crippen MR) is 137 cm³/mol. The Hall–Kier alpha value is -2.63. The van der Waals surface area contributed by atoms with Crippen molar-refractivity contribution in [1.29, 1.82) is 5.26 Å². The maximum atomic E-state index is 13.9. The Bertz CT molecular complexity index is 1400. The summed E-state index contributed by atoms with van der Waals surface area (Å²) in [4.78, 5) is 33.7. The first-order valence-electron chi connectivity index (χ1n) is 11.8. The van der Waals surface area contributed by atoms with Gasteiger partial charge in [-0.1, -0.05) is 29.5 Å². The average molecular weight is 493 g/mol. The summed E-state index contributed by atoms with van der Waals surface area (Å²) >= 11 is 2.88. The van der Waals surface area contributed by atoms with Crippen LogP contribution in [0.3, 0.4) is 0 Å². The molecule has 1 N–H and O–H groups in total. The van der Waals surface area contributed by atoms with Crippen LogP contribution in [0.1, 0.15) is 54.2 Å². The largest absolute Gasteiger partial charge is 0.337 e. The first kappa shape index (κ1) is 23.1. The zero-order valence-corrected chi connectivity index (χ0v) is 21.4. The summed E-state index contributed by atoms with van der Waals surface area (Å²) in [6, 6.07) is 8.29. The molecule has 0 saturated heterocycles. The summed E-state index contributed by atoms with van der Waals surface area (Å²) in [6.07, 6.45) is 6.08. The quantitative estimate of drug-likeness (QED) is 0.393. The topological polar surface area (TPSA) is 87.8 Å². The van der Waals surface area contributed by atoms with E-state index in [4.69, 9.17) is 4.98 Å². The van der Waals surface area contributed by atoms with Gasteiger partial charge in [-0.25, -0.2) is 4.98 Å². The predicted octanol–water partition coefficient (Wildman–Crippen LogP) is 4.84. The van der Waals surface area contributed by atoms with Crippen molar-refractivity contribution in [3.8, 4) is 11.8 Å². The lowest BCUT2D eigenvalue weighted by atomic mass is 9.97. The molecular weight excluding hydrogens is 464 g/mol. The van der Waals surface area contributed by atoms with Gasteiger partial charge in [0.25, 0.3) is 5.56 Å². The van der Waals surface area contributed by atoms with E-state index in [0.29, 0.717) is 5.16 Å². The molecule has 1 fully saturated rings.